The summed E-state index contributed by atoms with van der Waals surface area (Å²) in [4.78, 5) is 2.66. The van der Waals surface area contributed by atoms with Crippen molar-refractivity contribution in [3.05, 3.63) is 12.2 Å². The van der Waals surface area contributed by atoms with Gasteiger partial charge in [-0.25, -0.2) is 0 Å². The van der Waals surface area contributed by atoms with E-state index in [2.05, 4.69) is 34.2 Å². The molecular weight excluding hydrogens is 316 g/mol. The summed E-state index contributed by atoms with van der Waals surface area (Å²) in [6.07, 6.45) is 17.9. The first-order valence-electron chi connectivity index (χ1n) is 9.67. The van der Waals surface area contributed by atoms with Gasteiger partial charge in [0.25, 0.3) is 0 Å². The summed E-state index contributed by atoms with van der Waals surface area (Å²) in [5.41, 5.74) is 0. The second kappa shape index (κ2) is 8.76. The Bertz CT molecular complexity index is 459. The van der Waals surface area contributed by atoms with Gasteiger partial charge < -0.3 is 9.45 Å². The first-order chi connectivity index (χ1) is 11.7. The van der Waals surface area contributed by atoms with Crippen molar-refractivity contribution >= 4 is 11.4 Å². The highest BCUT2D eigenvalue weighted by atomic mass is 32.2. The topological polar surface area (TPSA) is 29.5 Å². The van der Waals surface area contributed by atoms with E-state index in [1.807, 2.05) is 0 Å². The molecule has 2 fully saturated rings. The van der Waals surface area contributed by atoms with Crippen LogP contribution in [0.15, 0.2) is 12.2 Å². The fraction of sp³-hybridized carbons (Fsp3) is 0.800. The van der Waals surface area contributed by atoms with Crippen molar-refractivity contribution in [3.8, 4) is 12.3 Å². The van der Waals surface area contributed by atoms with Crippen molar-refractivity contribution in [2.24, 2.45) is 11.8 Å². The third kappa shape index (κ3) is 4.58. The smallest absolute Gasteiger partial charge is 0.154 e. The molecule has 0 amide bonds. The van der Waals surface area contributed by atoms with Gasteiger partial charge in [-0.3, -0.25) is 0 Å². The molecule has 0 aromatic heterocycles. The van der Waals surface area contributed by atoms with Gasteiger partial charge in [-0.05, 0) is 63.1 Å². The first-order valence-corrected chi connectivity index (χ1v) is 10.8. The lowest BCUT2D eigenvalue weighted by Gasteiger charge is -2.42. The maximum atomic E-state index is 12.8. The molecule has 0 radical (unpaired) electrons. The number of hydrogen-bond acceptors (Lipinski definition) is 3. The number of piperidine rings is 2. The van der Waals surface area contributed by atoms with E-state index in [-0.39, 0.29) is 5.25 Å². The second-order valence-corrected chi connectivity index (χ2v) is 9.54. The highest BCUT2D eigenvalue weighted by molar-refractivity contribution is 7.89. The van der Waals surface area contributed by atoms with Crippen LogP contribution in [0.1, 0.15) is 51.9 Å². The molecule has 0 spiro atoms. The van der Waals surface area contributed by atoms with E-state index < -0.39 is 11.4 Å². The van der Waals surface area contributed by atoms with E-state index in [9.17, 15) is 4.55 Å². The fourth-order valence-electron chi connectivity index (χ4n) is 4.45. The summed E-state index contributed by atoms with van der Waals surface area (Å²) >= 11 is -0.836. The van der Waals surface area contributed by atoms with Crippen LogP contribution in [0.3, 0.4) is 0 Å². The maximum absolute atomic E-state index is 12.8. The van der Waals surface area contributed by atoms with Crippen molar-refractivity contribution < 1.29 is 4.55 Å². The van der Waals surface area contributed by atoms with Crippen molar-refractivity contribution in [1.82, 2.24) is 9.21 Å². The molecule has 3 rings (SSSR count). The van der Waals surface area contributed by atoms with Gasteiger partial charge in [-0.15, -0.1) is 16.6 Å². The van der Waals surface area contributed by atoms with Crippen LogP contribution in [0.25, 0.3) is 0 Å². The summed E-state index contributed by atoms with van der Waals surface area (Å²) in [6, 6.07) is 0.686. The first kappa shape index (κ1) is 18.3. The number of nitrogens with zero attached hydrogens (tertiary/aromatic N) is 2. The summed E-state index contributed by atoms with van der Waals surface area (Å²) in [5.74, 6) is 4.23. The average molecular weight is 349 g/mol. The molecule has 1 aliphatic carbocycles. The Balaban J connectivity index is 1.43. The second-order valence-electron chi connectivity index (χ2n) is 7.87. The quantitative estimate of drug-likeness (QED) is 0.444. The zero-order chi connectivity index (χ0) is 16.9. The zero-order valence-electron chi connectivity index (χ0n) is 15.0. The van der Waals surface area contributed by atoms with Crippen LogP contribution in [0.4, 0.5) is 0 Å². The summed E-state index contributed by atoms with van der Waals surface area (Å²) in [6.45, 7) is 6.64. The molecule has 2 aliphatic heterocycles. The lowest BCUT2D eigenvalue weighted by molar-refractivity contribution is 0.0978. The Morgan fingerprint density at radius 2 is 1.88 bits per heavy atom. The minimum Gasteiger partial charge on any atom is -0.597 e. The molecule has 0 bridgehead atoms. The number of likely N-dealkylation sites (tertiary alicyclic amines) is 1. The molecular formula is C20H32N2OS. The Kier molecular flexibility index (Phi) is 6.69. The van der Waals surface area contributed by atoms with Crippen LogP contribution in [-0.2, 0) is 11.4 Å². The highest BCUT2D eigenvalue weighted by Crippen LogP contribution is 2.29. The fourth-order valence-corrected chi connectivity index (χ4v) is 6.14. The lowest BCUT2D eigenvalue weighted by atomic mass is 9.92. The van der Waals surface area contributed by atoms with Gasteiger partial charge in [0, 0.05) is 43.3 Å². The molecule has 0 aromatic carbocycles. The molecule has 0 aromatic rings. The Morgan fingerprint density at radius 3 is 2.50 bits per heavy atom. The SMILES string of the molecule is C#CCC1CCN(C2CCN([S+]([O-])C3C=CCC(C)C3)CC2)CC1. The number of rotatable bonds is 4. The standard InChI is InChI=1S/C20H32N2OS/c1-3-5-18-8-12-21(13-9-18)19-10-14-22(15-11-19)24(23)20-7-4-6-17(2)16-20/h1,4,7,17-20H,5-6,8-16H2,2H3. The lowest BCUT2D eigenvalue weighted by Crippen LogP contribution is -2.50. The third-order valence-electron chi connectivity index (χ3n) is 6.03. The van der Waals surface area contributed by atoms with Crippen LogP contribution in [0.2, 0.25) is 0 Å². The number of hydrogen-bond donors (Lipinski definition) is 0. The van der Waals surface area contributed by atoms with E-state index in [4.69, 9.17) is 6.42 Å². The molecule has 0 N–H and O–H groups in total. The molecule has 4 heteroatoms. The Morgan fingerprint density at radius 1 is 1.17 bits per heavy atom. The monoisotopic (exact) mass is 348 g/mol. The normalized spacial score (nSPS) is 32.5. The van der Waals surface area contributed by atoms with Crippen LogP contribution in [0, 0.1) is 24.2 Å². The third-order valence-corrected chi connectivity index (χ3v) is 7.77. The van der Waals surface area contributed by atoms with Crippen LogP contribution >= 0.6 is 0 Å². The summed E-state index contributed by atoms with van der Waals surface area (Å²) in [7, 11) is 0. The van der Waals surface area contributed by atoms with Gasteiger partial charge in [0.15, 0.2) is 5.25 Å². The van der Waals surface area contributed by atoms with E-state index in [1.54, 1.807) is 0 Å². The number of allylic oxidation sites excluding steroid dienone is 1. The molecule has 3 atom stereocenters. The summed E-state index contributed by atoms with van der Waals surface area (Å²) in [5, 5.41) is 0.241. The predicted molar refractivity (Wildman–Crippen MR) is 102 cm³/mol. The van der Waals surface area contributed by atoms with Crippen molar-refractivity contribution in [1.29, 1.82) is 0 Å². The molecule has 134 valence electrons. The van der Waals surface area contributed by atoms with Gasteiger partial charge in [0.05, 0.1) is 0 Å². The molecule has 2 heterocycles. The average Bonchev–Trinajstić information content (AvgIpc) is 2.62. The highest BCUT2D eigenvalue weighted by Gasteiger charge is 2.35. The summed E-state index contributed by atoms with van der Waals surface area (Å²) < 4.78 is 15.1. The van der Waals surface area contributed by atoms with Crippen LogP contribution in [-0.4, -0.2) is 51.2 Å². The van der Waals surface area contributed by atoms with E-state index in [0.29, 0.717) is 12.0 Å². The van der Waals surface area contributed by atoms with Crippen molar-refractivity contribution in [3.63, 3.8) is 0 Å². The molecule has 3 nitrogen and oxygen atoms in total. The van der Waals surface area contributed by atoms with Crippen molar-refractivity contribution in [2.45, 2.75) is 63.2 Å². The maximum Gasteiger partial charge on any atom is 0.154 e. The van der Waals surface area contributed by atoms with Gasteiger partial charge >= 0.3 is 0 Å². The van der Waals surface area contributed by atoms with Gasteiger partial charge in [0.2, 0.25) is 0 Å². The minimum absolute atomic E-state index is 0.241. The zero-order valence-corrected chi connectivity index (χ0v) is 15.8. The Labute approximate surface area is 151 Å². The van der Waals surface area contributed by atoms with E-state index in [0.717, 1.165) is 51.1 Å². The van der Waals surface area contributed by atoms with E-state index >= 15 is 0 Å². The van der Waals surface area contributed by atoms with Crippen LogP contribution < -0.4 is 0 Å². The predicted octanol–water partition coefficient (Wildman–Crippen LogP) is 3.20. The molecule has 3 unspecified atom stereocenters. The van der Waals surface area contributed by atoms with Gasteiger partial charge in [-0.2, -0.15) is 0 Å². The molecule has 0 saturated carbocycles. The van der Waals surface area contributed by atoms with E-state index in [1.165, 1.54) is 25.9 Å². The molecule has 3 aliphatic rings. The van der Waals surface area contributed by atoms with Crippen molar-refractivity contribution in [2.75, 3.05) is 26.2 Å². The number of terminal acetylenes is 1. The van der Waals surface area contributed by atoms with Gasteiger partial charge in [0.1, 0.15) is 0 Å². The van der Waals surface area contributed by atoms with Crippen LogP contribution in [0.5, 0.6) is 0 Å². The molecule has 2 saturated heterocycles. The molecule has 24 heavy (non-hydrogen) atoms. The minimum atomic E-state index is -0.836. The van der Waals surface area contributed by atoms with Gasteiger partial charge in [-0.1, -0.05) is 13.0 Å². The Hall–Kier alpha value is -0.470. The largest absolute Gasteiger partial charge is 0.597 e.